The molecule has 0 radical (unpaired) electrons. The Bertz CT molecular complexity index is 1880. The maximum absolute atomic E-state index is 13.1. The van der Waals surface area contributed by atoms with Gasteiger partial charge in [-0.3, -0.25) is 0 Å². The van der Waals surface area contributed by atoms with Crippen LogP contribution in [0.25, 0.3) is 22.4 Å². The van der Waals surface area contributed by atoms with Gasteiger partial charge in [-0.15, -0.1) is 0 Å². The number of rotatable bonds is 8. The summed E-state index contributed by atoms with van der Waals surface area (Å²) >= 11 is 0. The number of likely N-dealkylation sites (tertiary alicyclic amines) is 1. The zero-order valence-corrected chi connectivity index (χ0v) is 27.0. The van der Waals surface area contributed by atoms with Crippen LogP contribution in [0.2, 0.25) is 0 Å². The first-order valence-electron chi connectivity index (χ1n) is 15.5. The van der Waals surface area contributed by atoms with Crippen LogP contribution in [0.15, 0.2) is 67.0 Å². The number of piperidine rings is 1. The van der Waals surface area contributed by atoms with Gasteiger partial charge in [0.15, 0.2) is 11.5 Å². The molecule has 0 saturated carbocycles. The summed E-state index contributed by atoms with van der Waals surface area (Å²) in [5, 5.41) is 9.11. The molecule has 1 aliphatic rings. The predicted octanol–water partition coefficient (Wildman–Crippen LogP) is 7.50. The van der Waals surface area contributed by atoms with Crippen molar-refractivity contribution in [1.29, 1.82) is 0 Å². The third kappa shape index (κ3) is 7.48. The quantitative estimate of drug-likeness (QED) is 0.175. The van der Waals surface area contributed by atoms with E-state index < -0.39 is 17.5 Å². The largest absolute Gasteiger partial charge is 0.497 e. The van der Waals surface area contributed by atoms with Gasteiger partial charge in [-0.1, -0.05) is 12.1 Å². The summed E-state index contributed by atoms with van der Waals surface area (Å²) in [4.78, 5) is 25.4. The molecule has 1 fully saturated rings. The van der Waals surface area contributed by atoms with E-state index in [2.05, 4.69) is 20.3 Å². The molecule has 0 bridgehead atoms. The molecule has 48 heavy (non-hydrogen) atoms. The first-order chi connectivity index (χ1) is 22.9. The van der Waals surface area contributed by atoms with Crippen LogP contribution in [0.1, 0.15) is 44.9 Å². The highest BCUT2D eigenvalue weighted by atomic mass is 19.4. The lowest BCUT2D eigenvalue weighted by atomic mass is 10.1. The molecule has 1 atom stereocenters. The van der Waals surface area contributed by atoms with Crippen LogP contribution < -0.4 is 14.8 Å². The number of nitrogens with zero attached hydrogens (tertiary/aromatic N) is 5. The van der Waals surface area contributed by atoms with Gasteiger partial charge in [0, 0.05) is 37.0 Å². The van der Waals surface area contributed by atoms with Gasteiger partial charge in [-0.25, -0.2) is 19.4 Å². The van der Waals surface area contributed by atoms with Crippen LogP contribution in [0.4, 0.5) is 23.8 Å². The fourth-order valence-electron chi connectivity index (χ4n) is 5.47. The number of hydrogen-bond donors (Lipinski definition) is 2. The second-order valence-corrected chi connectivity index (χ2v) is 12.5. The van der Waals surface area contributed by atoms with Crippen LogP contribution in [0.3, 0.4) is 0 Å². The molecule has 1 amide bonds. The van der Waals surface area contributed by atoms with Gasteiger partial charge in [-0.2, -0.15) is 18.3 Å². The standard InChI is InChI=1S/C34H36F3N7O4/c1-33(2,3)48-32(45)43-17-5-6-23(20-43)40-30-28-26(15-16-38-31(28)44(42-30)19-21-7-11-24(46-4)12-8-21)47-25-13-9-22(10-14-25)29-39-18-27(41-29)34(35,36)37/h7-16,18,23H,5-6,17,19-20H2,1-4H3,(H,39,41)(H,40,42)/t23-/m1/s1. The summed E-state index contributed by atoms with van der Waals surface area (Å²) in [5.41, 5.74) is 0.511. The third-order valence-electron chi connectivity index (χ3n) is 7.74. The number of carbonyl (C=O) groups is 1. The van der Waals surface area contributed by atoms with Crippen LogP contribution in [-0.4, -0.2) is 67.6 Å². The number of nitrogens with one attached hydrogen (secondary N) is 2. The summed E-state index contributed by atoms with van der Waals surface area (Å²) in [6.07, 6.45) is -0.875. The third-order valence-corrected chi connectivity index (χ3v) is 7.74. The number of carbonyl (C=O) groups excluding carboxylic acids is 1. The lowest BCUT2D eigenvalue weighted by Crippen LogP contribution is -2.47. The molecule has 4 heterocycles. The minimum absolute atomic E-state index is 0.0966. The Morgan fingerprint density at radius 1 is 1.02 bits per heavy atom. The Kier molecular flexibility index (Phi) is 8.91. The minimum atomic E-state index is -4.52. The number of halogens is 3. The van der Waals surface area contributed by atoms with Crippen molar-refractivity contribution in [3.8, 4) is 28.6 Å². The second-order valence-electron chi connectivity index (χ2n) is 12.5. The van der Waals surface area contributed by atoms with E-state index in [4.69, 9.17) is 19.3 Å². The minimum Gasteiger partial charge on any atom is -0.497 e. The number of fused-ring (bicyclic) bond motifs is 1. The molecule has 14 heteroatoms. The predicted molar refractivity (Wildman–Crippen MR) is 173 cm³/mol. The Labute approximate surface area is 275 Å². The van der Waals surface area contributed by atoms with Crippen molar-refractivity contribution in [2.45, 2.75) is 58.0 Å². The number of anilines is 1. The van der Waals surface area contributed by atoms with E-state index in [0.717, 1.165) is 30.4 Å². The second kappa shape index (κ2) is 13.1. The van der Waals surface area contributed by atoms with Crippen molar-refractivity contribution >= 4 is 22.9 Å². The van der Waals surface area contributed by atoms with Crippen LogP contribution in [-0.2, 0) is 17.5 Å². The average Bonchev–Trinajstić information content (AvgIpc) is 3.68. The van der Waals surface area contributed by atoms with Crippen LogP contribution in [0.5, 0.6) is 17.2 Å². The highest BCUT2D eigenvalue weighted by Crippen LogP contribution is 2.36. The number of methoxy groups -OCH3 is 1. The summed E-state index contributed by atoms with van der Waals surface area (Å²) < 4.78 is 58.2. The van der Waals surface area contributed by atoms with Crippen molar-refractivity contribution in [3.05, 3.63) is 78.2 Å². The number of aromatic nitrogens is 5. The SMILES string of the molecule is COc1ccc(Cn2nc(N[C@@H]3CCCN(C(=O)OC(C)(C)C)C3)c3c(Oc4ccc(-c5ncc(C(F)(F)F)[nH]5)cc4)ccnc32)cc1. The fraction of sp³-hybridized carbons (Fsp3) is 0.353. The van der Waals surface area contributed by atoms with Crippen molar-refractivity contribution in [2.24, 2.45) is 0 Å². The molecule has 1 saturated heterocycles. The molecule has 6 rings (SSSR count). The number of ether oxygens (including phenoxy) is 3. The van der Waals surface area contributed by atoms with E-state index in [9.17, 15) is 18.0 Å². The van der Waals surface area contributed by atoms with Crippen molar-refractivity contribution < 1.29 is 32.2 Å². The molecule has 1 aliphatic heterocycles. The smallest absolute Gasteiger partial charge is 0.432 e. The van der Waals surface area contributed by atoms with Gasteiger partial charge in [-0.05, 0) is 75.6 Å². The van der Waals surface area contributed by atoms with Gasteiger partial charge in [0.05, 0.1) is 19.9 Å². The number of aromatic amines is 1. The summed E-state index contributed by atoms with van der Waals surface area (Å²) in [7, 11) is 1.61. The summed E-state index contributed by atoms with van der Waals surface area (Å²) in [6.45, 7) is 6.98. The van der Waals surface area contributed by atoms with Crippen molar-refractivity contribution in [1.82, 2.24) is 29.6 Å². The van der Waals surface area contributed by atoms with Crippen molar-refractivity contribution in [3.63, 3.8) is 0 Å². The molecule has 2 aromatic carbocycles. The molecule has 0 spiro atoms. The van der Waals surface area contributed by atoms with E-state index in [1.807, 2.05) is 45.0 Å². The van der Waals surface area contributed by atoms with Crippen LogP contribution in [0, 0.1) is 0 Å². The Morgan fingerprint density at radius 3 is 2.42 bits per heavy atom. The summed E-state index contributed by atoms with van der Waals surface area (Å²) in [5.74, 6) is 2.32. The van der Waals surface area contributed by atoms with E-state index >= 15 is 0 Å². The fourth-order valence-corrected chi connectivity index (χ4v) is 5.47. The first kappa shape index (κ1) is 32.7. The molecule has 11 nitrogen and oxygen atoms in total. The molecule has 252 valence electrons. The molecular formula is C34H36F3N7O4. The lowest BCUT2D eigenvalue weighted by molar-refractivity contribution is -0.140. The topological polar surface area (TPSA) is 119 Å². The number of benzene rings is 2. The van der Waals surface area contributed by atoms with E-state index in [1.165, 1.54) is 0 Å². The van der Waals surface area contributed by atoms with Gasteiger partial charge < -0.3 is 29.4 Å². The molecule has 2 N–H and O–H groups in total. The summed E-state index contributed by atoms with van der Waals surface area (Å²) in [6, 6.07) is 15.9. The normalized spacial score (nSPS) is 15.4. The Hall–Kier alpha value is -5.27. The van der Waals surface area contributed by atoms with Gasteiger partial charge >= 0.3 is 12.3 Å². The maximum atomic E-state index is 13.1. The van der Waals surface area contributed by atoms with E-state index in [-0.39, 0.29) is 18.0 Å². The number of H-pyrrole nitrogens is 1. The lowest BCUT2D eigenvalue weighted by Gasteiger charge is -2.34. The zero-order valence-electron chi connectivity index (χ0n) is 27.0. The van der Waals surface area contributed by atoms with E-state index in [0.29, 0.717) is 53.5 Å². The first-order valence-corrected chi connectivity index (χ1v) is 15.5. The monoisotopic (exact) mass is 663 g/mol. The number of amides is 1. The number of pyridine rings is 1. The molecular weight excluding hydrogens is 627 g/mol. The number of hydrogen-bond acceptors (Lipinski definition) is 8. The highest BCUT2D eigenvalue weighted by molar-refractivity contribution is 5.93. The molecule has 3 aromatic heterocycles. The molecule has 5 aromatic rings. The van der Waals surface area contributed by atoms with Crippen LogP contribution >= 0.6 is 0 Å². The van der Waals surface area contributed by atoms with Gasteiger partial charge in [0.1, 0.15) is 39.8 Å². The Morgan fingerprint density at radius 2 is 1.75 bits per heavy atom. The number of alkyl halides is 3. The Balaban J connectivity index is 1.29. The van der Waals surface area contributed by atoms with E-state index in [1.54, 1.807) is 53.2 Å². The molecule has 0 aliphatic carbocycles. The van der Waals surface area contributed by atoms with Gasteiger partial charge in [0.25, 0.3) is 0 Å². The average molecular weight is 664 g/mol. The highest BCUT2D eigenvalue weighted by Gasteiger charge is 2.33. The molecule has 0 unspecified atom stereocenters. The zero-order chi connectivity index (χ0) is 34.1. The number of imidazole rings is 1. The maximum Gasteiger partial charge on any atom is 0.432 e. The van der Waals surface area contributed by atoms with Crippen molar-refractivity contribution in [2.75, 3.05) is 25.5 Å². The van der Waals surface area contributed by atoms with Gasteiger partial charge in [0.2, 0.25) is 0 Å².